The van der Waals surface area contributed by atoms with Crippen LogP contribution in [0, 0.1) is 10.1 Å². The summed E-state index contributed by atoms with van der Waals surface area (Å²) in [6.45, 7) is 0. The Labute approximate surface area is 126 Å². The highest BCUT2D eigenvalue weighted by molar-refractivity contribution is 6.67. The summed E-state index contributed by atoms with van der Waals surface area (Å²) in [6.07, 6.45) is 0. The number of nitro benzene ring substituents is 1. The molecule has 0 aliphatic rings. The van der Waals surface area contributed by atoms with Crippen molar-refractivity contribution in [1.29, 1.82) is 0 Å². The highest BCUT2D eigenvalue weighted by Crippen LogP contribution is 2.40. The molecule has 2 rings (SSSR count). The molecule has 1 aromatic heterocycles. The molecule has 0 radical (unpaired) electrons. The van der Waals surface area contributed by atoms with E-state index in [-0.39, 0.29) is 21.8 Å². The first-order valence-corrected chi connectivity index (χ1v) is 6.30. The number of benzene rings is 1. The second kappa shape index (κ2) is 4.83. The third-order valence-corrected chi connectivity index (χ3v) is 3.35. The number of rotatable bonds is 1. The van der Waals surface area contributed by atoms with Crippen LogP contribution in [0.5, 0.6) is 0 Å². The number of pyridine rings is 1. The van der Waals surface area contributed by atoms with Crippen molar-refractivity contribution >= 4 is 63.0 Å². The van der Waals surface area contributed by atoms with Crippen molar-refractivity contribution in [1.82, 2.24) is 4.98 Å². The van der Waals surface area contributed by atoms with Gasteiger partial charge in [0.25, 0.3) is 5.69 Å². The van der Waals surface area contributed by atoms with E-state index in [2.05, 4.69) is 4.98 Å². The van der Waals surface area contributed by atoms with Crippen LogP contribution in [0.4, 0.5) is 5.69 Å². The minimum atomic E-state index is -1.90. The van der Waals surface area contributed by atoms with Gasteiger partial charge in [-0.15, -0.1) is 0 Å². The highest BCUT2D eigenvalue weighted by atomic mass is 35.6. The first-order valence-electron chi connectivity index (χ1n) is 4.79. The molecule has 0 fully saturated rings. The zero-order valence-electron chi connectivity index (χ0n) is 8.92. The van der Waals surface area contributed by atoms with Crippen LogP contribution in [0.15, 0.2) is 23.0 Å². The van der Waals surface area contributed by atoms with E-state index in [9.17, 15) is 14.9 Å². The average Bonchev–Trinajstić information content (AvgIpc) is 2.31. The van der Waals surface area contributed by atoms with Crippen LogP contribution in [0.1, 0.15) is 5.69 Å². The number of hydrogen-bond donors (Lipinski definition) is 1. The molecule has 1 aromatic carbocycles. The first-order chi connectivity index (χ1) is 8.71. The number of nitrogens with zero attached hydrogens (tertiary/aromatic N) is 1. The van der Waals surface area contributed by atoms with E-state index in [0.717, 1.165) is 6.07 Å². The molecule has 0 saturated heterocycles. The summed E-state index contributed by atoms with van der Waals surface area (Å²) in [6, 6.07) is 3.70. The van der Waals surface area contributed by atoms with Crippen LogP contribution in [0.2, 0.25) is 5.02 Å². The maximum absolute atomic E-state index is 12.0. The van der Waals surface area contributed by atoms with Crippen molar-refractivity contribution in [2.45, 2.75) is 3.79 Å². The van der Waals surface area contributed by atoms with E-state index in [1.165, 1.54) is 12.1 Å². The SMILES string of the molecule is O=c1c(Cl)c(C(Cl)(Cl)Cl)[nH]c2ccc([N+](=O)[O-])cc12. The van der Waals surface area contributed by atoms with Gasteiger partial charge in [-0.1, -0.05) is 46.4 Å². The predicted octanol–water partition coefficient (Wildman–Crippen LogP) is 3.92. The minimum absolute atomic E-state index is 0.0530. The molecular formula is C10H4Cl4N2O3. The molecule has 0 atom stereocenters. The van der Waals surface area contributed by atoms with Crippen molar-refractivity contribution in [2.24, 2.45) is 0 Å². The molecule has 0 saturated carbocycles. The molecule has 0 amide bonds. The summed E-state index contributed by atoms with van der Waals surface area (Å²) in [7, 11) is 0. The predicted molar refractivity (Wildman–Crippen MR) is 75.5 cm³/mol. The minimum Gasteiger partial charge on any atom is -0.353 e. The number of halogens is 4. The van der Waals surface area contributed by atoms with Gasteiger partial charge in [0.2, 0.25) is 9.22 Å². The Hall–Kier alpha value is -1.01. The summed E-state index contributed by atoms with van der Waals surface area (Å²) < 4.78 is -1.90. The summed E-state index contributed by atoms with van der Waals surface area (Å²) in [4.78, 5) is 24.8. The molecule has 0 aliphatic carbocycles. The topological polar surface area (TPSA) is 76.0 Å². The Balaban J connectivity index is 2.85. The largest absolute Gasteiger partial charge is 0.353 e. The second-order valence-corrected chi connectivity index (χ2v) is 6.29. The van der Waals surface area contributed by atoms with Gasteiger partial charge in [0.05, 0.1) is 21.5 Å². The Morgan fingerprint density at radius 2 is 1.89 bits per heavy atom. The van der Waals surface area contributed by atoms with Crippen LogP contribution >= 0.6 is 46.4 Å². The third kappa shape index (κ3) is 2.65. The van der Waals surface area contributed by atoms with Crippen LogP contribution in [-0.2, 0) is 3.79 Å². The molecule has 9 heteroatoms. The molecule has 5 nitrogen and oxygen atoms in total. The molecule has 2 aromatic rings. The molecule has 0 unspecified atom stereocenters. The monoisotopic (exact) mass is 340 g/mol. The fraction of sp³-hybridized carbons (Fsp3) is 0.100. The number of aromatic amines is 1. The number of H-pyrrole nitrogens is 1. The number of non-ortho nitro benzene ring substituents is 1. The van der Waals surface area contributed by atoms with Gasteiger partial charge in [-0.05, 0) is 6.07 Å². The van der Waals surface area contributed by atoms with Gasteiger partial charge in [-0.25, -0.2) is 0 Å². The van der Waals surface area contributed by atoms with E-state index in [4.69, 9.17) is 46.4 Å². The highest BCUT2D eigenvalue weighted by Gasteiger charge is 2.29. The Bertz CT molecular complexity index is 736. The third-order valence-electron chi connectivity index (χ3n) is 2.42. The molecular weight excluding hydrogens is 338 g/mol. The Kier molecular flexibility index (Phi) is 3.66. The lowest BCUT2D eigenvalue weighted by Gasteiger charge is -2.13. The van der Waals surface area contributed by atoms with Crippen molar-refractivity contribution in [3.05, 3.63) is 49.3 Å². The summed E-state index contributed by atoms with van der Waals surface area (Å²) in [5, 5.41) is 10.4. The van der Waals surface area contributed by atoms with E-state index in [1.54, 1.807) is 0 Å². The average molecular weight is 342 g/mol. The molecule has 0 bridgehead atoms. The fourth-order valence-electron chi connectivity index (χ4n) is 1.56. The standard InChI is InChI=1S/C10H4Cl4N2O3/c11-7-8(17)5-3-4(16(18)19)1-2-6(5)15-9(7)10(12,13)14/h1-3H,(H,15,17). The van der Waals surface area contributed by atoms with Gasteiger partial charge >= 0.3 is 0 Å². The van der Waals surface area contributed by atoms with Crippen molar-refractivity contribution in [2.75, 3.05) is 0 Å². The smallest absolute Gasteiger partial charge is 0.270 e. The normalized spacial score (nSPS) is 11.8. The van der Waals surface area contributed by atoms with Gasteiger partial charge in [0.15, 0.2) is 0 Å². The molecule has 1 N–H and O–H groups in total. The lowest BCUT2D eigenvalue weighted by Crippen LogP contribution is -2.14. The number of fused-ring (bicyclic) bond motifs is 1. The van der Waals surface area contributed by atoms with Gasteiger partial charge in [0.1, 0.15) is 5.02 Å². The second-order valence-electron chi connectivity index (χ2n) is 3.63. The number of hydrogen-bond acceptors (Lipinski definition) is 3. The Morgan fingerprint density at radius 1 is 1.26 bits per heavy atom. The van der Waals surface area contributed by atoms with Crippen molar-refractivity contribution in [3.63, 3.8) is 0 Å². The number of nitrogens with one attached hydrogen (secondary N) is 1. The zero-order chi connectivity index (χ0) is 14.4. The van der Waals surface area contributed by atoms with Crippen LogP contribution in [0.25, 0.3) is 10.9 Å². The number of alkyl halides is 3. The van der Waals surface area contributed by atoms with Gasteiger partial charge in [-0.2, -0.15) is 0 Å². The Morgan fingerprint density at radius 3 is 2.42 bits per heavy atom. The first kappa shape index (κ1) is 14.4. The van der Waals surface area contributed by atoms with Crippen LogP contribution in [-0.4, -0.2) is 9.91 Å². The van der Waals surface area contributed by atoms with E-state index < -0.39 is 14.1 Å². The number of nitro groups is 1. The summed E-state index contributed by atoms with van der Waals surface area (Å²) in [5.74, 6) is 0. The van der Waals surface area contributed by atoms with Gasteiger partial charge in [0, 0.05) is 12.1 Å². The fourth-order valence-corrected chi connectivity index (χ4v) is 2.42. The van der Waals surface area contributed by atoms with Gasteiger partial charge in [-0.3, -0.25) is 14.9 Å². The van der Waals surface area contributed by atoms with Crippen molar-refractivity contribution in [3.8, 4) is 0 Å². The summed E-state index contributed by atoms with van der Waals surface area (Å²) >= 11 is 22.9. The van der Waals surface area contributed by atoms with E-state index in [1.807, 2.05) is 0 Å². The van der Waals surface area contributed by atoms with Crippen molar-refractivity contribution < 1.29 is 4.92 Å². The molecule has 19 heavy (non-hydrogen) atoms. The van der Waals surface area contributed by atoms with Crippen LogP contribution < -0.4 is 5.43 Å². The molecule has 100 valence electrons. The van der Waals surface area contributed by atoms with Gasteiger partial charge < -0.3 is 4.98 Å². The molecule has 1 heterocycles. The van der Waals surface area contributed by atoms with E-state index in [0.29, 0.717) is 5.52 Å². The maximum Gasteiger partial charge on any atom is 0.270 e. The van der Waals surface area contributed by atoms with E-state index >= 15 is 0 Å². The summed E-state index contributed by atoms with van der Waals surface area (Å²) in [5.41, 5.74) is -0.650. The maximum atomic E-state index is 12.0. The molecule has 0 spiro atoms. The zero-order valence-corrected chi connectivity index (χ0v) is 11.9. The lowest BCUT2D eigenvalue weighted by molar-refractivity contribution is -0.384. The lowest BCUT2D eigenvalue weighted by atomic mass is 10.1. The number of aromatic nitrogens is 1. The molecule has 0 aliphatic heterocycles. The van der Waals surface area contributed by atoms with Crippen LogP contribution in [0.3, 0.4) is 0 Å². The quantitative estimate of drug-likeness (QED) is 0.485.